The molecule has 204 valence electrons. The van der Waals surface area contributed by atoms with E-state index in [1.165, 1.54) is 31.3 Å². The van der Waals surface area contributed by atoms with Crippen LogP contribution < -0.4 is 10.5 Å². The summed E-state index contributed by atoms with van der Waals surface area (Å²) in [7, 11) is -4.80. The number of nitrogens with two attached hydrogens (primary N) is 1. The Hall–Kier alpha value is -3.60. The van der Waals surface area contributed by atoms with Crippen LogP contribution in [0.5, 0.6) is 5.75 Å². The number of nitrogens with zero attached hydrogens (tertiary/aromatic N) is 2. The third-order valence-electron chi connectivity index (χ3n) is 5.74. The Labute approximate surface area is 222 Å². The first-order chi connectivity index (χ1) is 18.3. The normalized spacial score (nSPS) is 13.6. The van der Waals surface area contributed by atoms with Crippen molar-refractivity contribution in [1.29, 1.82) is 0 Å². The number of phosphoric ester groups is 1. The number of phosphoric acid groups is 1. The van der Waals surface area contributed by atoms with Crippen molar-refractivity contribution < 1.29 is 36.8 Å². The number of hydrogen-bond donors (Lipinski definition) is 3. The first-order valence-corrected chi connectivity index (χ1v) is 13.2. The maximum atomic E-state index is 14.0. The molecule has 1 atom stereocenters. The fourth-order valence-electron chi connectivity index (χ4n) is 3.70. The standard InChI is InChI=1S/C27H25F3N3O5P/c1-26(31,17-38-39(34,35)36)25-32-14-13-23(33-25)21-11-12-24(22(15-21)27(28,29)30)37-16-18-7-9-20(10-8-18)19-5-3-2-4-6-19/h2-15H,16-17,31H2,1H3,(H2,34,35,36)/t26-/m0/s1. The smallest absolute Gasteiger partial charge is 0.469 e. The third kappa shape index (κ3) is 7.50. The number of aromatic nitrogens is 2. The van der Waals surface area contributed by atoms with E-state index in [4.69, 9.17) is 20.3 Å². The van der Waals surface area contributed by atoms with E-state index in [1.807, 2.05) is 42.5 Å². The minimum atomic E-state index is -4.80. The van der Waals surface area contributed by atoms with Crippen LogP contribution in [0.4, 0.5) is 13.2 Å². The second-order valence-electron chi connectivity index (χ2n) is 9.01. The molecule has 0 amide bonds. The maximum Gasteiger partial charge on any atom is 0.469 e. The number of hydrogen-bond acceptors (Lipinski definition) is 6. The van der Waals surface area contributed by atoms with E-state index in [9.17, 15) is 17.7 Å². The highest BCUT2D eigenvalue weighted by Gasteiger charge is 2.35. The van der Waals surface area contributed by atoms with Crippen molar-refractivity contribution in [2.24, 2.45) is 5.73 Å². The van der Waals surface area contributed by atoms with Gasteiger partial charge < -0.3 is 20.3 Å². The Morgan fingerprint density at radius 3 is 2.21 bits per heavy atom. The van der Waals surface area contributed by atoms with Crippen LogP contribution in [0, 0.1) is 0 Å². The van der Waals surface area contributed by atoms with Gasteiger partial charge in [0.1, 0.15) is 12.4 Å². The fraction of sp³-hybridized carbons (Fsp3) is 0.185. The summed E-state index contributed by atoms with van der Waals surface area (Å²) in [6.45, 7) is 0.695. The van der Waals surface area contributed by atoms with E-state index >= 15 is 0 Å². The Kier molecular flexibility index (Phi) is 8.20. The predicted molar refractivity (Wildman–Crippen MR) is 138 cm³/mol. The highest BCUT2D eigenvalue weighted by atomic mass is 31.2. The van der Waals surface area contributed by atoms with Crippen LogP contribution >= 0.6 is 7.82 Å². The lowest BCUT2D eigenvalue weighted by Crippen LogP contribution is -2.39. The van der Waals surface area contributed by atoms with Crippen LogP contribution in [-0.2, 0) is 27.4 Å². The Bertz CT molecular complexity index is 1480. The van der Waals surface area contributed by atoms with Gasteiger partial charge in [0.15, 0.2) is 5.82 Å². The molecule has 1 aromatic heterocycles. The summed E-state index contributed by atoms with van der Waals surface area (Å²) in [5.74, 6) is -0.410. The molecular formula is C27H25F3N3O5P. The Morgan fingerprint density at radius 2 is 1.56 bits per heavy atom. The molecule has 0 aliphatic heterocycles. The maximum absolute atomic E-state index is 14.0. The summed E-state index contributed by atoms with van der Waals surface area (Å²) in [6, 6.07) is 22.0. The minimum absolute atomic E-state index is 0.0683. The molecule has 3 aromatic carbocycles. The van der Waals surface area contributed by atoms with E-state index in [2.05, 4.69) is 14.5 Å². The quantitative estimate of drug-likeness (QED) is 0.223. The van der Waals surface area contributed by atoms with E-state index in [-0.39, 0.29) is 29.4 Å². The van der Waals surface area contributed by atoms with Crippen molar-refractivity contribution in [1.82, 2.24) is 9.97 Å². The molecular weight excluding hydrogens is 534 g/mol. The van der Waals surface area contributed by atoms with Crippen molar-refractivity contribution >= 4 is 7.82 Å². The zero-order valence-electron chi connectivity index (χ0n) is 20.7. The van der Waals surface area contributed by atoms with Gasteiger partial charge in [-0.2, -0.15) is 13.2 Å². The van der Waals surface area contributed by atoms with Crippen LogP contribution in [0.2, 0.25) is 0 Å². The van der Waals surface area contributed by atoms with Gasteiger partial charge >= 0.3 is 14.0 Å². The van der Waals surface area contributed by atoms with Gasteiger partial charge in [-0.25, -0.2) is 14.5 Å². The molecule has 0 radical (unpaired) electrons. The largest absolute Gasteiger partial charge is 0.488 e. The van der Waals surface area contributed by atoms with Crippen LogP contribution in [0.25, 0.3) is 22.4 Å². The summed E-state index contributed by atoms with van der Waals surface area (Å²) in [4.78, 5) is 26.1. The second kappa shape index (κ2) is 11.3. The summed E-state index contributed by atoms with van der Waals surface area (Å²) < 4.78 is 63.0. The van der Waals surface area contributed by atoms with E-state index in [0.717, 1.165) is 17.2 Å². The van der Waals surface area contributed by atoms with Gasteiger partial charge in [-0.05, 0) is 47.9 Å². The Morgan fingerprint density at radius 1 is 0.923 bits per heavy atom. The highest BCUT2D eigenvalue weighted by molar-refractivity contribution is 7.46. The first-order valence-electron chi connectivity index (χ1n) is 11.6. The number of alkyl halides is 3. The minimum Gasteiger partial charge on any atom is -0.488 e. The van der Waals surface area contributed by atoms with Crippen LogP contribution in [0.1, 0.15) is 23.9 Å². The molecule has 0 saturated carbocycles. The molecule has 0 aliphatic carbocycles. The summed E-state index contributed by atoms with van der Waals surface area (Å²) >= 11 is 0. The molecule has 1 heterocycles. The molecule has 39 heavy (non-hydrogen) atoms. The summed E-state index contributed by atoms with van der Waals surface area (Å²) in [5, 5.41) is 0. The van der Waals surface area contributed by atoms with Gasteiger partial charge in [0.05, 0.1) is 23.4 Å². The average molecular weight is 559 g/mol. The van der Waals surface area contributed by atoms with Gasteiger partial charge in [0, 0.05) is 11.8 Å². The average Bonchev–Trinajstić information content (AvgIpc) is 2.91. The Balaban J connectivity index is 1.55. The van der Waals surface area contributed by atoms with Crippen molar-refractivity contribution in [3.63, 3.8) is 0 Å². The van der Waals surface area contributed by atoms with Crippen molar-refractivity contribution in [2.45, 2.75) is 25.2 Å². The molecule has 0 saturated heterocycles. The lowest BCUT2D eigenvalue weighted by molar-refractivity contribution is -0.139. The second-order valence-corrected chi connectivity index (χ2v) is 10.2. The summed E-state index contributed by atoms with van der Waals surface area (Å²) in [6.07, 6.45) is -3.42. The molecule has 12 heteroatoms. The van der Waals surface area contributed by atoms with Gasteiger partial charge in [-0.3, -0.25) is 4.52 Å². The summed E-state index contributed by atoms with van der Waals surface area (Å²) in [5.41, 5.74) is 6.50. The van der Waals surface area contributed by atoms with Gasteiger partial charge in [0.2, 0.25) is 0 Å². The lowest BCUT2D eigenvalue weighted by atomic mass is 10.0. The zero-order valence-corrected chi connectivity index (χ0v) is 21.6. The number of benzene rings is 3. The van der Waals surface area contributed by atoms with Gasteiger partial charge in [-0.1, -0.05) is 54.6 Å². The monoisotopic (exact) mass is 559 g/mol. The zero-order chi connectivity index (χ0) is 28.3. The molecule has 0 unspecified atom stereocenters. The third-order valence-corrected chi connectivity index (χ3v) is 6.20. The SMILES string of the molecule is C[C@](N)(COP(=O)(O)O)c1nccc(-c2ccc(OCc3ccc(-c4ccccc4)cc3)c(C(F)(F)F)c2)n1. The van der Waals surface area contributed by atoms with Crippen molar-refractivity contribution in [3.8, 4) is 28.1 Å². The molecule has 4 rings (SSSR count). The molecule has 4 aromatic rings. The van der Waals surface area contributed by atoms with Crippen molar-refractivity contribution in [2.75, 3.05) is 6.61 Å². The number of ether oxygens (including phenoxy) is 1. The van der Waals surface area contributed by atoms with E-state index in [0.29, 0.717) is 5.56 Å². The molecule has 4 N–H and O–H groups in total. The van der Waals surface area contributed by atoms with E-state index < -0.39 is 31.7 Å². The topological polar surface area (TPSA) is 128 Å². The van der Waals surface area contributed by atoms with E-state index in [1.54, 1.807) is 12.1 Å². The molecule has 8 nitrogen and oxygen atoms in total. The van der Waals surface area contributed by atoms with Crippen LogP contribution in [-0.4, -0.2) is 26.4 Å². The lowest BCUT2D eigenvalue weighted by Gasteiger charge is -2.23. The number of halogens is 3. The molecule has 0 bridgehead atoms. The molecule has 0 fully saturated rings. The fourth-order valence-corrected chi connectivity index (χ4v) is 4.14. The highest BCUT2D eigenvalue weighted by Crippen LogP contribution is 2.40. The van der Waals surface area contributed by atoms with Gasteiger partial charge in [0.25, 0.3) is 0 Å². The van der Waals surface area contributed by atoms with Gasteiger partial charge in [-0.15, -0.1) is 0 Å². The number of rotatable bonds is 9. The molecule has 0 spiro atoms. The van der Waals surface area contributed by atoms with Crippen LogP contribution in [0.3, 0.4) is 0 Å². The first kappa shape index (κ1) is 28.4. The molecule has 0 aliphatic rings. The van der Waals surface area contributed by atoms with Crippen molar-refractivity contribution in [3.05, 3.63) is 102 Å². The van der Waals surface area contributed by atoms with Crippen LogP contribution in [0.15, 0.2) is 85.1 Å². The predicted octanol–water partition coefficient (Wildman–Crippen LogP) is 5.69.